The molecular weight excluding hydrogens is 284 g/mol. The number of amides is 1. The molecule has 0 spiro atoms. The van der Waals surface area contributed by atoms with Gasteiger partial charge in [-0.05, 0) is 36.3 Å². The highest BCUT2D eigenvalue weighted by Crippen LogP contribution is 2.17. The molecule has 0 radical (unpaired) electrons. The van der Waals surface area contributed by atoms with Crippen molar-refractivity contribution >= 4 is 28.6 Å². The van der Waals surface area contributed by atoms with Crippen molar-refractivity contribution in [2.75, 3.05) is 5.32 Å². The van der Waals surface area contributed by atoms with Crippen LogP contribution in [0.5, 0.6) is 0 Å². The summed E-state index contributed by atoms with van der Waals surface area (Å²) in [5.41, 5.74) is 3.87. The fraction of sp³-hybridized carbons (Fsp3) is 0.100. The predicted molar refractivity (Wildman–Crippen MR) is 95.2 cm³/mol. The highest BCUT2D eigenvalue weighted by Gasteiger charge is 2.01. The topological polar surface area (TPSA) is 42.0 Å². The fourth-order valence-corrected chi connectivity index (χ4v) is 2.44. The van der Waals surface area contributed by atoms with Crippen molar-refractivity contribution in [3.05, 3.63) is 78.0 Å². The van der Waals surface area contributed by atoms with Gasteiger partial charge < -0.3 is 5.32 Å². The van der Waals surface area contributed by atoms with Crippen LogP contribution in [0.1, 0.15) is 18.1 Å². The molecule has 114 valence electrons. The second kappa shape index (κ2) is 6.88. The van der Waals surface area contributed by atoms with Crippen molar-refractivity contribution in [3.8, 4) is 0 Å². The number of benzene rings is 2. The summed E-state index contributed by atoms with van der Waals surface area (Å²) in [7, 11) is 0. The number of carbonyl (C=O) groups is 1. The van der Waals surface area contributed by atoms with Crippen molar-refractivity contribution in [2.45, 2.75) is 13.3 Å². The molecule has 0 aliphatic rings. The van der Waals surface area contributed by atoms with Gasteiger partial charge in [-0.3, -0.25) is 9.78 Å². The average Bonchev–Trinajstić information content (AvgIpc) is 2.60. The Morgan fingerprint density at radius 3 is 2.65 bits per heavy atom. The van der Waals surface area contributed by atoms with E-state index in [2.05, 4.69) is 17.2 Å². The summed E-state index contributed by atoms with van der Waals surface area (Å²) >= 11 is 0. The normalized spacial score (nSPS) is 11.0. The maximum absolute atomic E-state index is 12.1. The van der Waals surface area contributed by atoms with Gasteiger partial charge in [-0.25, -0.2) is 0 Å². The summed E-state index contributed by atoms with van der Waals surface area (Å²) in [6.45, 7) is 2.11. The van der Waals surface area contributed by atoms with Gasteiger partial charge in [-0.15, -0.1) is 0 Å². The smallest absolute Gasteiger partial charge is 0.248 e. The van der Waals surface area contributed by atoms with E-state index in [1.807, 2.05) is 54.6 Å². The molecule has 3 heteroatoms. The second-order valence-corrected chi connectivity index (χ2v) is 5.30. The molecule has 0 fully saturated rings. The highest BCUT2D eigenvalue weighted by molar-refractivity contribution is 6.03. The molecular formula is C20H18N2O. The molecule has 1 aromatic heterocycles. The van der Waals surface area contributed by atoms with Crippen LogP contribution < -0.4 is 5.32 Å². The Morgan fingerprint density at radius 1 is 1.09 bits per heavy atom. The van der Waals surface area contributed by atoms with E-state index in [9.17, 15) is 4.79 Å². The Balaban J connectivity index is 1.74. The van der Waals surface area contributed by atoms with Crippen molar-refractivity contribution < 1.29 is 4.79 Å². The van der Waals surface area contributed by atoms with Crippen LogP contribution in [-0.2, 0) is 11.2 Å². The van der Waals surface area contributed by atoms with Gasteiger partial charge in [0.15, 0.2) is 0 Å². The zero-order valence-corrected chi connectivity index (χ0v) is 13.0. The number of nitrogens with zero attached hydrogens (tertiary/aromatic N) is 1. The van der Waals surface area contributed by atoms with E-state index >= 15 is 0 Å². The maximum atomic E-state index is 12.1. The summed E-state index contributed by atoms with van der Waals surface area (Å²) in [5, 5.41) is 3.93. The van der Waals surface area contributed by atoms with Crippen LogP contribution in [0.15, 0.2) is 66.9 Å². The summed E-state index contributed by atoms with van der Waals surface area (Å²) in [6, 6.07) is 17.7. The second-order valence-electron chi connectivity index (χ2n) is 5.30. The zero-order chi connectivity index (χ0) is 16.1. The number of aryl methyl sites for hydroxylation is 1. The van der Waals surface area contributed by atoms with Crippen LogP contribution in [0.25, 0.3) is 17.0 Å². The van der Waals surface area contributed by atoms with Gasteiger partial charge in [0.05, 0.1) is 5.52 Å². The molecule has 1 amide bonds. The Bertz CT molecular complexity index is 846. The van der Waals surface area contributed by atoms with Crippen LogP contribution in [-0.4, -0.2) is 10.9 Å². The first-order valence-corrected chi connectivity index (χ1v) is 7.68. The van der Waals surface area contributed by atoms with E-state index in [1.165, 1.54) is 11.6 Å². The van der Waals surface area contributed by atoms with Gasteiger partial charge >= 0.3 is 0 Å². The Labute approximate surface area is 135 Å². The molecule has 0 bridgehead atoms. The predicted octanol–water partition coefficient (Wildman–Crippen LogP) is 4.45. The monoisotopic (exact) mass is 302 g/mol. The van der Waals surface area contributed by atoms with Crippen molar-refractivity contribution in [1.82, 2.24) is 4.98 Å². The Morgan fingerprint density at radius 2 is 1.87 bits per heavy atom. The van der Waals surface area contributed by atoms with Gasteiger partial charge in [-0.1, -0.05) is 43.3 Å². The first kappa shape index (κ1) is 15.0. The van der Waals surface area contributed by atoms with E-state index in [0.717, 1.165) is 28.6 Å². The number of carbonyl (C=O) groups excluding carboxylic acids is 1. The summed E-state index contributed by atoms with van der Waals surface area (Å²) < 4.78 is 0. The Kier molecular flexibility index (Phi) is 4.48. The molecule has 0 atom stereocenters. The van der Waals surface area contributed by atoms with E-state index in [4.69, 9.17) is 0 Å². The third-order valence-corrected chi connectivity index (χ3v) is 3.71. The molecule has 0 aliphatic heterocycles. The van der Waals surface area contributed by atoms with Gasteiger partial charge in [0.1, 0.15) is 0 Å². The lowest BCUT2D eigenvalue weighted by molar-refractivity contribution is -0.111. The minimum absolute atomic E-state index is 0.151. The highest BCUT2D eigenvalue weighted by atomic mass is 16.1. The minimum atomic E-state index is -0.151. The van der Waals surface area contributed by atoms with E-state index in [-0.39, 0.29) is 5.91 Å². The zero-order valence-electron chi connectivity index (χ0n) is 13.0. The SMILES string of the molecule is CCc1ccc(NC(=O)/C=C/c2cccc3cccnc23)cc1. The summed E-state index contributed by atoms with van der Waals surface area (Å²) in [4.78, 5) is 16.4. The first-order chi connectivity index (χ1) is 11.3. The quantitative estimate of drug-likeness (QED) is 0.723. The van der Waals surface area contributed by atoms with Crippen molar-refractivity contribution in [3.63, 3.8) is 0 Å². The van der Waals surface area contributed by atoms with Crippen LogP contribution in [0.4, 0.5) is 5.69 Å². The number of anilines is 1. The van der Waals surface area contributed by atoms with Gasteiger partial charge in [0.25, 0.3) is 0 Å². The molecule has 0 saturated heterocycles. The molecule has 3 aromatic rings. The number of pyridine rings is 1. The first-order valence-electron chi connectivity index (χ1n) is 7.68. The van der Waals surface area contributed by atoms with Crippen LogP contribution in [0.3, 0.4) is 0 Å². The fourth-order valence-electron chi connectivity index (χ4n) is 2.44. The van der Waals surface area contributed by atoms with Gasteiger partial charge in [0, 0.05) is 28.9 Å². The lowest BCUT2D eigenvalue weighted by Crippen LogP contribution is -2.07. The summed E-state index contributed by atoms with van der Waals surface area (Å²) in [5.74, 6) is -0.151. The third-order valence-electron chi connectivity index (χ3n) is 3.71. The lowest BCUT2D eigenvalue weighted by atomic mass is 10.1. The maximum Gasteiger partial charge on any atom is 0.248 e. The average molecular weight is 302 g/mol. The van der Waals surface area contributed by atoms with Crippen LogP contribution in [0, 0.1) is 0 Å². The summed E-state index contributed by atoms with van der Waals surface area (Å²) in [6.07, 6.45) is 6.08. The number of hydrogen-bond donors (Lipinski definition) is 1. The number of nitrogens with one attached hydrogen (secondary N) is 1. The standard InChI is InChI=1S/C20H18N2O/c1-2-15-8-11-18(12-9-15)22-19(23)13-10-17-6-3-5-16-7-4-14-21-20(16)17/h3-14H,2H2,1H3,(H,22,23)/b13-10+. The minimum Gasteiger partial charge on any atom is -0.323 e. The lowest BCUT2D eigenvalue weighted by Gasteiger charge is -2.04. The molecule has 2 aromatic carbocycles. The largest absolute Gasteiger partial charge is 0.323 e. The molecule has 23 heavy (non-hydrogen) atoms. The molecule has 3 nitrogen and oxygen atoms in total. The number of fused-ring (bicyclic) bond motifs is 1. The van der Waals surface area contributed by atoms with Crippen LogP contribution >= 0.6 is 0 Å². The van der Waals surface area contributed by atoms with E-state index in [0.29, 0.717) is 0 Å². The molecule has 0 saturated carbocycles. The Hall–Kier alpha value is -2.94. The molecule has 3 rings (SSSR count). The van der Waals surface area contributed by atoms with Gasteiger partial charge in [-0.2, -0.15) is 0 Å². The van der Waals surface area contributed by atoms with E-state index < -0.39 is 0 Å². The van der Waals surface area contributed by atoms with Gasteiger partial charge in [0.2, 0.25) is 5.91 Å². The van der Waals surface area contributed by atoms with Crippen molar-refractivity contribution in [1.29, 1.82) is 0 Å². The van der Waals surface area contributed by atoms with Crippen LogP contribution in [0.2, 0.25) is 0 Å². The third kappa shape index (κ3) is 3.64. The van der Waals surface area contributed by atoms with Crippen molar-refractivity contribution in [2.24, 2.45) is 0 Å². The molecule has 0 aliphatic carbocycles. The van der Waals surface area contributed by atoms with E-state index in [1.54, 1.807) is 12.3 Å². The number of hydrogen-bond acceptors (Lipinski definition) is 2. The molecule has 1 heterocycles. The number of aromatic nitrogens is 1. The number of para-hydroxylation sites is 1. The molecule has 0 unspecified atom stereocenters. The number of rotatable bonds is 4. The molecule has 1 N–H and O–H groups in total.